The lowest BCUT2D eigenvalue weighted by atomic mass is 10.1. The van der Waals surface area contributed by atoms with Crippen molar-refractivity contribution in [3.63, 3.8) is 0 Å². The third-order valence-corrected chi connectivity index (χ3v) is 3.81. The van der Waals surface area contributed by atoms with Gasteiger partial charge in [0.1, 0.15) is 0 Å². The number of thioether (sulfide) groups is 1. The molecule has 1 fully saturated rings. The Morgan fingerprint density at radius 2 is 2.47 bits per heavy atom. The molecule has 5 heteroatoms. The van der Waals surface area contributed by atoms with E-state index in [0.717, 1.165) is 18.7 Å². The number of hydrogen-bond donors (Lipinski definition) is 0. The highest BCUT2D eigenvalue weighted by Crippen LogP contribution is 2.25. The van der Waals surface area contributed by atoms with Crippen LogP contribution in [0.2, 0.25) is 0 Å². The van der Waals surface area contributed by atoms with E-state index >= 15 is 0 Å². The van der Waals surface area contributed by atoms with Crippen LogP contribution in [0.25, 0.3) is 0 Å². The number of carbonyl (C=O) groups is 1. The molecule has 1 atom stereocenters. The largest absolute Gasteiger partial charge is 0.338 e. The fourth-order valence-corrected chi connectivity index (χ4v) is 2.95. The first kappa shape index (κ1) is 10.5. The van der Waals surface area contributed by atoms with Gasteiger partial charge in [-0.3, -0.25) is 4.79 Å². The lowest BCUT2D eigenvalue weighted by molar-refractivity contribution is 0.214. The molecule has 0 aromatic carbocycles. The molecule has 1 saturated heterocycles. The molecule has 1 aromatic heterocycles. The van der Waals surface area contributed by atoms with Crippen LogP contribution >= 0.6 is 11.8 Å². The summed E-state index contributed by atoms with van der Waals surface area (Å²) in [4.78, 5) is 17.5. The van der Waals surface area contributed by atoms with Gasteiger partial charge < -0.3 is 9.47 Å². The Balaban J connectivity index is 2.06. The molecule has 0 aliphatic carbocycles. The molecule has 1 aliphatic heterocycles. The second-order valence-electron chi connectivity index (χ2n) is 3.72. The number of aryl methyl sites for hydroxylation is 1. The molecule has 0 bridgehead atoms. The second kappa shape index (κ2) is 4.26. The summed E-state index contributed by atoms with van der Waals surface area (Å²) in [6, 6.07) is 0.336. The van der Waals surface area contributed by atoms with E-state index in [1.165, 1.54) is 17.5 Å². The fraction of sp³-hybridized carbons (Fsp3) is 0.600. The highest BCUT2D eigenvalue weighted by Gasteiger charge is 2.30. The van der Waals surface area contributed by atoms with Crippen LogP contribution in [0, 0.1) is 0 Å². The Morgan fingerprint density at radius 3 is 3.07 bits per heavy atom. The average molecular weight is 225 g/mol. The normalized spacial score (nSPS) is 21.3. The van der Waals surface area contributed by atoms with Crippen molar-refractivity contribution in [2.45, 2.75) is 19.4 Å². The van der Waals surface area contributed by atoms with E-state index in [1.54, 1.807) is 6.33 Å². The first-order valence-electron chi connectivity index (χ1n) is 5.11. The smallest absolute Gasteiger partial charge is 0.281 e. The van der Waals surface area contributed by atoms with Crippen molar-refractivity contribution in [2.24, 2.45) is 7.05 Å². The van der Waals surface area contributed by atoms with Gasteiger partial charge in [0, 0.05) is 43.7 Å². The summed E-state index contributed by atoms with van der Waals surface area (Å²) < 4.78 is 2.02. The van der Waals surface area contributed by atoms with Crippen LogP contribution in [-0.2, 0) is 13.5 Å². The third-order valence-electron chi connectivity index (χ3n) is 2.78. The van der Waals surface area contributed by atoms with E-state index in [-0.39, 0.29) is 5.24 Å². The zero-order chi connectivity index (χ0) is 10.8. The highest BCUT2D eigenvalue weighted by atomic mass is 32.2. The van der Waals surface area contributed by atoms with Gasteiger partial charge in [-0.15, -0.1) is 0 Å². The topological polar surface area (TPSA) is 38.1 Å². The minimum Gasteiger partial charge on any atom is -0.338 e. The standard InChI is InChI=1S/C10H15N3OS/c1-3-13-9(6-15-10(13)14)4-8-5-11-7-12(8)2/h5,7,9H,3-4,6H2,1-2H3/t9-/m0/s1. The van der Waals surface area contributed by atoms with Gasteiger partial charge in [0.05, 0.1) is 6.33 Å². The molecule has 1 aromatic rings. The quantitative estimate of drug-likeness (QED) is 0.783. The number of aromatic nitrogens is 2. The minimum atomic E-state index is 0.213. The highest BCUT2D eigenvalue weighted by molar-refractivity contribution is 8.13. The molecule has 0 spiro atoms. The monoisotopic (exact) mass is 225 g/mol. The first-order chi connectivity index (χ1) is 7.22. The molecule has 0 saturated carbocycles. The lowest BCUT2D eigenvalue weighted by Crippen LogP contribution is -2.35. The van der Waals surface area contributed by atoms with Crippen molar-refractivity contribution < 1.29 is 4.79 Å². The van der Waals surface area contributed by atoms with Crippen molar-refractivity contribution in [2.75, 3.05) is 12.3 Å². The van der Waals surface area contributed by atoms with Gasteiger partial charge in [0.25, 0.3) is 5.24 Å². The number of amides is 1. The van der Waals surface area contributed by atoms with Gasteiger partial charge in [0.2, 0.25) is 0 Å². The third kappa shape index (κ3) is 2.02. The Kier molecular flexibility index (Phi) is 3.00. The Morgan fingerprint density at radius 1 is 1.67 bits per heavy atom. The van der Waals surface area contributed by atoms with Crippen LogP contribution in [0.3, 0.4) is 0 Å². The van der Waals surface area contributed by atoms with Crippen LogP contribution in [-0.4, -0.2) is 38.0 Å². The molecule has 1 aliphatic rings. The summed E-state index contributed by atoms with van der Waals surface area (Å²) in [7, 11) is 1.99. The number of imidazole rings is 1. The van der Waals surface area contributed by atoms with E-state index < -0.39 is 0 Å². The molecule has 4 nitrogen and oxygen atoms in total. The van der Waals surface area contributed by atoms with Crippen LogP contribution in [0.5, 0.6) is 0 Å². The maximum Gasteiger partial charge on any atom is 0.281 e. The summed E-state index contributed by atoms with van der Waals surface area (Å²) in [6.07, 6.45) is 4.58. The van der Waals surface area contributed by atoms with E-state index in [0.29, 0.717) is 6.04 Å². The van der Waals surface area contributed by atoms with Crippen molar-refractivity contribution in [3.8, 4) is 0 Å². The van der Waals surface area contributed by atoms with Crippen LogP contribution in [0.4, 0.5) is 4.79 Å². The summed E-state index contributed by atoms with van der Waals surface area (Å²) in [6.45, 7) is 2.83. The SMILES string of the molecule is CCN1C(=O)SC[C@@H]1Cc1cncn1C. The Labute approximate surface area is 93.7 Å². The number of hydrogen-bond acceptors (Lipinski definition) is 3. The molecule has 0 unspecified atom stereocenters. The maximum atomic E-state index is 11.5. The summed E-state index contributed by atoms with van der Waals surface area (Å²) in [5.74, 6) is 0.901. The maximum absolute atomic E-state index is 11.5. The first-order valence-corrected chi connectivity index (χ1v) is 6.09. The molecule has 2 rings (SSSR count). The molecule has 2 heterocycles. The van der Waals surface area contributed by atoms with Gasteiger partial charge in [-0.05, 0) is 6.92 Å². The fourth-order valence-electron chi connectivity index (χ4n) is 1.87. The molecular weight excluding hydrogens is 210 g/mol. The minimum absolute atomic E-state index is 0.213. The predicted molar refractivity (Wildman–Crippen MR) is 60.9 cm³/mol. The van der Waals surface area contributed by atoms with Crippen LogP contribution < -0.4 is 0 Å². The van der Waals surface area contributed by atoms with Crippen LogP contribution in [0.15, 0.2) is 12.5 Å². The van der Waals surface area contributed by atoms with Gasteiger partial charge in [-0.25, -0.2) is 4.98 Å². The lowest BCUT2D eigenvalue weighted by Gasteiger charge is -2.21. The zero-order valence-corrected chi connectivity index (χ0v) is 9.83. The van der Waals surface area contributed by atoms with Crippen molar-refractivity contribution in [1.82, 2.24) is 14.5 Å². The molecule has 0 N–H and O–H groups in total. The molecule has 15 heavy (non-hydrogen) atoms. The van der Waals surface area contributed by atoms with Crippen molar-refractivity contribution >= 4 is 17.0 Å². The number of carbonyl (C=O) groups excluding carboxylic acids is 1. The molecule has 0 radical (unpaired) electrons. The number of rotatable bonds is 3. The van der Waals surface area contributed by atoms with Gasteiger partial charge >= 0.3 is 0 Å². The van der Waals surface area contributed by atoms with E-state index in [9.17, 15) is 4.79 Å². The van der Waals surface area contributed by atoms with Crippen LogP contribution in [0.1, 0.15) is 12.6 Å². The average Bonchev–Trinajstić information content (AvgIpc) is 2.76. The number of nitrogens with zero attached hydrogens (tertiary/aromatic N) is 3. The Hall–Kier alpha value is -0.970. The predicted octanol–water partition coefficient (Wildman–Crippen LogP) is 1.52. The van der Waals surface area contributed by atoms with Gasteiger partial charge in [-0.1, -0.05) is 11.8 Å². The second-order valence-corrected chi connectivity index (χ2v) is 4.69. The summed E-state index contributed by atoms with van der Waals surface area (Å²) in [5.41, 5.74) is 1.19. The van der Waals surface area contributed by atoms with E-state index in [4.69, 9.17) is 0 Å². The summed E-state index contributed by atoms with van der Waals surface area (Å²) in [5, 5.41) is 0.213. The summed E-state index contributed by atoms with van der Waals surface area (Å²) >= 11 is 1.42. The number of likely N-dealkylation sites (N-methyl/N-ethyl adjacent to an activating group) is 1. The Bertz CT molecular complexity index is 363. The van der Waals surface area contributed by atoms with Crippen molar-refractivity contribution in [3.05, 3.63) is 18.2 Å². The van der Waals surface area contributed by atoms with E-state index in [1.807, 2.05) is 29.6 Å². The van der Waals surface area contributed by atoms with E-state index in [2.05, 4.69) is 4.98 Å². The zero-order valence-electron chi connectivity index (χ0n) is 9.01. The molecule has 82 valence electrons. The molecule has 1 amide bonds. The van der Waals surface area contributed by atoms with Gasteiger partial charge in [-0.2, -0.15) is 0 Å². The van der Waals surface area contributed by atoms with Crippen molar-refractivity contribution in [1.29, 1.82) is 0 Å². The van der Waals surface area contributed by atoms with Gasteiger partial charge in [0.15, 0.2) is 0 Å². The molecular formula is C10H15N3OS.